The summed E-state index contributed by atoms with van der Waals surface area (Å²) in [5.41, 5.74) is 6.60. The summed E-state index contributed by atoms with van der Waals surface area (Å²) in [6.45, 7) is 3.85. The predicted octanol–water partition coefficient (Wildman–Crippen LogP) is 5.83. The van der Waals surface area contributed by atoms with Crippen LogP contribution >= 0.6 is 11.6 Å². The minimum absolute atomic E-state index is 0.140. The summed E-state index contributed by atoms with van der Waals surface area (Å²) >= 11 is 5.86. The van der Waals surface area contributed by atoms with Crippen LogP contribution in [0.3, 0.4) is 0 Å². The molecule has 3 N–H and O–H groups in total. The molecule has 0 aliphatic carbocycles. The van der Waals surface area contributed by atoms with Gasteiger partial charge in [0.15, 0.2) is 9.84 Å². The molecule has 0 fully saturated rings. The topological polar surface area (TPSA) is 89.3 Å². The van der Waals surface area contributed by atoms with E-state index in [1.807, 2.05) is 0 Å². The number of carbonyl (C=O) groups excluding carboxylic acids is 1. The van der Waals surface area contributed by atoms with Crippen LogP contribution in [-0.2, 0) is 14.6 Å². The maximum atomic E-state index is 12.3. The summed E-state index contributed by atoms with van der Waals surface area (Å²) in [6, 6.07) is 4.80. The van der Waals surface area contributed by atoms with E-state index in [9.17, 15) is 13.2 Å². The summed E-state index contributed by atoms with van der Waals surface area (Å²) in [5.74, 6) is -0.952. The minimum atomic E-state index is -3.25. The molecule has 1 aromatic rings. The fraction of sp³-hybridized carbons (Fsp3) is 0.682. The standard InChI is InChI=1S/C22H37ClN2O3S/c1-3-4-5-6-7-8-9-10-11-12-15-29(27,28)17-18(2)22(26)25-19-13-14-20(23)21(24)16-19/h13-14,16,18H,3-12,15,17,24H2,1-2H3,(H,25,26). The number of hydrogen-bond donors (Lipinski definition) is 2. The highest BCUT2D eigenvalue weighted by atomic mass is 35.5. The Kier molecular flexibility index (Phi) is 12.3. The van der Waals surface area contributed by atoms with Crippen molar-refractivity contribution in [3.63, 3.8) is 0 Å². The van der Waals surface area contributed by atoms with Crippen molar-refractivity contribution in [3.05, 3.63) is 23.2 Å². The molecule has 0 aliphatic heterocycles. The first-order valence-corrected chi connectivity index (χ1v) is 13.0. The lowest BCUT2D eigenvalue weighted by Crippen LogP contribution is -2.28. The molecular weight excluding hydrogens is 408 g/mol. The molecule has 0 spiro atoms. The number of sulfone groups is 1. The Bertz CT molecular complexity index is 723. The maximum Gasteiger partial charge on any atom is 0.228 e. The summed E-state index contributed by atoms with van der Waals surface area (Å²) < 4.78 is 24.6. The zero-order chi connectivity index (χ0) is 21.7. The number of nitrogens with one attached hydrogen (secondary N) is 1. The Labute approximate surface area is 181 Å². The van der Waals surface area contributed by atoms with Gasteiger partial charge in [0.25, 0.3) is 0 Å². The first-order valence-electron chi connectivity index (χ1n) is 10.8. The van der Waals surface area contributed by atoms with E-state index in [-0.39, 0.29) is 17.4 Å². The second-order valence-electron chi connectivity index (χ2n) is 7.92. The summed E-state index contributed by atoms with van der Waals surface area (Å²) in [5, 5.41) is 3.11. The van der Waals surface area contributed by atoms with Gasteiger partial charge in [-0.25, -0.2) is 8.42 Å². The fourth-order valence-electron chi connectivity index (χ4n) is 3.24. The zero-order valence-corrected chi connectivity index (χ0v) is 19.5. The van der Waals surface area contributed by atoms with Gasteiger partial charge >= 0.3 is 0 Å². The lowest BCUT2D eigenvalue weighted by molar-refractivity contribution is -0.118. The number of carbonyl (C=O) groups is 1. The SMILES string of the molecule is CCCCCCCCCCCCS(=O)(=O)CC(C)C(=O)Nc1ccc(Cl)c(N)c1. The van der Waals surface area contributed by atoms with Crippen LogP contribution in [-0.4, -0.2) is 25.8 Å². The first kappa shape index (κ1) is 25.8. The first-order chi connectivity index (χ1) is 13.7. The van der Waals surface area contributed by atoms with Gasteiger partial charge in [0.05, 0.1) is 22.2 Å². The molecule has 0 saturated carbocycles. The molecule has 0 heterocycles. The molecule has 166 valence electrons. The monoisotopic (exact) mass is 444 g/mol. The molecule has 1 rings (SSSR count). The van der Waals surface area contributed by atoms with Gasteiger partial charge in [-0.15, -0.1) is 0 Å². The number of benzene rings is 1. The van der Waals surface area contributed by atoms with E-state index in [1.165, 1.54) is 44.9 Å². The Morgan fingerprint density at radius 2 is 1.59 bits per heavy atom. The fourth-order valence-corrected chi connectivity index (χ4v) is 5.08. The summed E-state index contributed by atoms with van der Waals surface area (Å²) in [4.78, 5) is 12.3. The Balaban J connectivity index is 2.23. The minimum Gasteiger partial charge on any atom is -0.397 e. The summed E-state index contributed by atoms with van der Waals surface area (Å²) in [6.07, 6.45) is 11.6. The highest BCUT2D eigenvalue weighted by molar-refractivity contribution is 7.91. The number of amides is 1. The van der Waals surface area contributed by atoms with Crippen LogP contribution in [0.4, 0.5) is 11.4 Å². The van der Waals surface area contributed by atoms with Gasteiger partial charge in [-0.1, -0.05) is 83.2 Å². The molecule has 1 amide bonds. The molecule has 1 unspecified atom stereocenters. The summed E-state index contributed by atoms with van der Waals surface area (Å²) in [7, 11) is -3.25. The van der Waals surface area contributed by atoms with E-state index in [0.717, 1.165) is 12.8 Å². The molecule has 7 heteroatoms. The zero-order valence-electron chi connectivity index (χ0n) is 17.9. The third-order valence-corrected chi connectivity index (χ3v) is 7.29. The molecular formula is C22H37ClN2O3S. The molecule has 0 aliphatic rings. The molecule has 5 nitrogen and oxygen atoms in total. The van der Waals surface area contributed by atoms with Gasteiger partial charge in [0.1, 0.15) is 0 Å². The van der Waals surface area contributed by atoms with Crippen molar-refractivity contribution in [1.82, 2.24) is 0 Å². The van der Waals surface area contributed by atoms with Gasteiger partial charge in [-0.2, -0.15) is 0 Å². The molecule has 0 radical (unpaired) electrons. The maximum absolute atomic E-state index is 12.3. The number of unbranched alkanes of at least 4 members (excludes halogenated alkanes) is 9. The van der Waals surface area contributed by atoms with Crippen LogP contribution in [0.5, 0.6) is 0 Å². The van der Waals surface area contributed by atoms with Gasteiger partial charge in [-0.05, 0) is 24.6 Å². The van der Waals surface area contributed by atoms with E-state index >= 15 is 0 Å². The Morgan fingerprint density at radius 3 is 2.14 bits per heavy atom. The van der Waals surface area contributed by atoms with Crippen molar-refractivity contribution < 1.29 is 13.2 Å². The van der Waals surface area contributed by atoms with E-state index in [0.29, 0.717) is 22.8 Å². The van der Waals surface area contributed by atoms with Crippen LogP contribution in [0.1, 0.15) is 78.1 Å². The molecule has 0 bridgehead atoms. The number of nitrogen functional groups attached to an aromatic ring is 1. The van der Waals surface area contributed by atoms with E-state index in [4.69, 9.17) is 17.3 Å². The van der Waals surface area contributed by atoms with Gasteiger partial charge < -0.3 is 11.1 Å². The van der Waals surface area contributed by atoms with Crippen molar-refractivity contribution in [2.45, 2.75) is 78.1 Å². The van der Waals surface area contributed by atoms with Crippen LogP contribution in [0, 0.1) is 5.92 Å². The van der Waals surface area contributed by atoms with Gasteiger partial charge in [0.2, 0.25) is 5.91 Å². The Hall–Kier alpha value is -1.27. The highest BCUT2D eigenvalue weighted by Gasteiger charge is 2.21. The molecule has 1 aromatic carbocycles. The second kappa shape index (κ2) is 13.9. The van der Waals surface area contributed by atoms with Crippen molar-refractivity contribution >= 4 is 38.7 Å². The van der Waals surface area contributed by atoms with Gasteiger partial charge in [-0.3, -0.25) is 4.79 Å². The number of anilines is 2. The van der Waals surface area contributed by atoms with Crippen molar-refractivity contribution in [2.24, 2.45) is 5.92 Å². The number of rotatable bonds is 15. The third kappa shape index (κ3) is 11.5. The molecule has 29 heavy (non-hydrogen) atoms. The highest BCUT2D eigenvalue weighted by Crippen LogP contribution is 2.23. The van der Waals surface area contributed by atoms with Crippen molar-refractivity contribution in [3.8, 4) is 0 Å². The third-order valence-electron chi connectivity index (χ3n) is 5.02. The number of halogens is 1. The number of hydrogen-bond acceptors (Lipinski definition) is 4. The van der Waals surface area contributed by atoms with Crippen molar-refractivity contribution in [2.75, 3.05) is 22.6 Å². The lowest BCUT2D eigenvalue weighted by atomic mass is 10.1. The van der Waals surface area contributed by atoms with E-state index < -0.39 is 15.8 Å². The van der Waals surface area contributed by atoms with Crippen LogP contribution in [0.15, 0.2) is 18.2 Å². The molecule has 0 aromatic heterocycles. The van der Waals surface area contributed by atoms with Crippen molar-refractivity contribution in [1.29, 1.82) is 0 Å². The van der Waals surface area contributed by atoms with Crippen LogP contribution < -0.4 is 11.1 Å². The smallest absolute Gasteiger partial charge is 0.228 e. The predicted molar refractivity (Wildman–Crippen MR) is 124 cm³/mol. The molecule has 1 atom stereocenters. The van der Waals surface area contributed by atoms with Crippen LogP contribution in [0.25, 0.3) is 0 Å². The average Bonchev–Trinajstić information content (AvgIpc) is 2.65. The van der Waals surface area contributed by atoms with E-state index in [2.05, 4.69) is 12.2 Å². The number of nitrogens with two attached hydrogens (primary N) is 1. The molecule has 0 saturated heterocycles. The van der Waals surface area contributed by atoms with Gasteiger partial charge in [0, 0.05) is 11.6 Å². The normalized spacial score (nSPS) is 12.7. The van der Waals surface area contributed by atoms with E-state index in [1.54, 1.807) is 25.1 Å². The average molecular weight is 445 g/mol. The quantitative estimate of drug-likeness (QED) is 0.263. The Morgan fingerprint density at radius 1 is 1.03 bits per heavy atom. The largest absolute Gasteiger partial charge is 0.397 e. The lowest BCUT2D eigenvalue weighted by Gasteiger charge is -2.13. The van der Waals surface area contributed by atoms with Crippen LogP contribution in [0.2, 0.25) is 5.02 Å². The second-order valence-corrected chi connectivity index (χ2v) is 10.6.